The Kier molecular flexibility index (Phi) is 5.29. The highest BCUT2D eigenvalue weighted by Gasteiger charge is 2.24. The first-order valence-corrected chi connectivity index (χ1v) is 10.1. The Balaban J connectivity index is 1.60. The number of hydrogen-bond acceptors (Lipinski definition) is 4. The number of nitrogens with one attached hydrogen (secondary N) is 2. The normalized spacial score (nSPS) is 13.9. The van der Waals surface area contributed by atoms with Crippen LogP contribution in [0.1, 0.15) is 23.2 Å². The van der Waals surface area contributed by atoms with Gasteiger partial charge in [0.05, 0.1) is 4.90 Å². The molecule has 1 aliphatic rings. The quantitative estimate of drug-likeness (QED) is 0.790. The smallest absolute Gasteiger partial charge is 0.251 e. The van der Waals surface area contributed by atoms with Gasteiger partial charge in [0.25, 0.3) is 5.91 Å². The van der Waals surface area contributed by atoms with Crippen LogP contribution in [0.2, 0.25) is 5.02 Å². The Morgan fingerprint density at radius 3 is 2.19 bits per heavy atom. The molecular weight excluding hydrogens is 376 g/mol. The zero-order chi connectivity index (χ0) is 18.7. The largest absolute Gasteiger partial charge is 0.349 e. The van der Waals surface area contributed by atoms with Gasteiger partial charge in [0, 0.05) is 22.3 Å². The maximum atomic E-state index is 12.2. The molecule has 0 aromatic heterocycles. The summed E-state index contributed by atoms with van der Waals surface area (Å²) in [6.45, 7) is 0. The van der Waals surface area contributed by atoms with Crippen LogP contribution < -0.4 is 10.6 Å². The highest BCUT2D eigenvalue weighted by Crippen LogP contribution is 2.20. The maximum absolute atomic E-state index is 12.2. The summed E-state index contributed by atoms with van der Waals surface area (Å²) in [5.41, 5.74) is 0.910. The summed E-state index contributed by atoms with van der Waals surface area (Å²) >= 11 is 5.74. The molecule has 3 rings (SSSR count). The summed E-state index contributed by atoms with van der Waals surface area (Å²) in [6.07, 6.45) is 2.00. The highest BCUT2D eigenvalue weighted by atomic mass is 35.5. The molecule has 1 saturated carbocycles. The molecule has 136 valence electrons. The number of carbonyl (C=O) groups excluding carboxylic acids is 2. The molecule has 0 bridgehead atoms. The molecule has 2 aromatic rings. The molecule has 2 amide bonds. The van der Waals surface area contributed by atoms with Crippen molar-refractivity contribution in [2.45, 2.75) is 23.8 Å². The van der Waals surface area contributed by atoms with Crippen molar-refractivity contribution in [1.29, 1.82) is 0 Å². The Morgan fingerprint density at radius 2 is 1.62 bits per heavy atom. The molecule has 0 saturated heterocycles. The Bertz CT molecular complexity index is 921. The van der Waals surface area contributed by atoms with Gasteiger partial charge in [-0.2, -0.15) is 0 Å². The molecule has 0 aliphatic heterocycles. The monoisotopic (exact) mass is 392 g/mol. The van der Waals surface area contributed by atoms with Crippen molar-refractivity contribution in [2.75, 3.05) is 11.1 Å². The molecular formula is C18H17ClN2O4S. The van der Waals surface area contributed by atoms with Gasteiger partial charge < -0.3 is 10.6 Å². The van der Waals surface area contributed by atoms with Crippen molar-refractivity contribution < 1.29 is 18.0 Å². The summed E-state index contributed by atoms with van der Waals surface area (Å²) in [6, 6.07) is 12.2. The standard InChI is InChI=1S/C18H17ClN2O4S/c19-13-3-9-16(10-4-13)26(24,25)11-17(22)20-14-5-1-12(2-6-14)18(23)21-15-7-8-15/h1-6,9-10,15H,7-8,11H2,(H,20,22)(H,21,23). The van der Waals surface area contributed by atoms with Crippen molar-refractivity contribution in [3.63, 3.8) is 0 Å². The second-order valence-electron chi connectivity index (χ2n) is 6.09. The van der Waals surface area contributed by atoms with Crippen molar-refractivity contribution >= 4 is 38.9 Å². The number of benzene rings is 2. The second kappa shape index (κ2) is 7.47. The minimum absolute atomic E-state index is 0.0316. The second-order valence-corrected chi connectivity index (χ2v) is 8.51. The van der Waals surface area contributed by atoms with Crippen LogP contribution >= 0.6 is 11.6 Å². The summed E-state index contributed by atoms with van der Waals surface area (Å²) in [5, 5.41) is 5.81. The van der Waals surface area contributed by atoms with Gasteiger partial charge in [0.1, 0.15) is 5.75 Å². The van der Waals surface area contributed by atoms with Crippen LogP contribution in [-0.2, 0) is 14.6 Å². The van der Waals surface area contributed by atoms with Gasteiger partial charge in [-0.05, 0) is 61.4 Å². The third-order valence-corrected chi connectivity index (χ3v) is 5.72. The molecule has 8 heteroatoms. The highest BCUT2D eigenvalue weighted by molar-refractivity contribution is 7.92. The molecule has 0 unspecified atom stereocenters. The Hall–Kier alpha value is -2.38. The molecule has 0 spiro atoms. The number of halogens is 1. The summed E-state index contributed by atoms with van der Waals surface area (Å²) in [7, 11) is -3.76. The average Bonchev–Trinajstić information content (AvgIpc) is 3.39. The van der Waals surface area contributed by atoms with Crippen LogP contribution in [0.3, 0.4) is 0 Å². The van der Waals surface area contributed by atoms with E-state index >= 15 is 0 Å². The topological polar surface area (TPSA) is 92.3 Å². The lowest BCUT2D eigenvalue weighted by Gasteiger charge is -2.08. The number of hydrogen-bond donors (Lipinski definition) is 2. The number of rotatable bonds is 6. The molecule has 2 N–H and O–H groups in total. The predicted molar refractivity (Wildman–Crippen MR) is 99.1 cm³/mol. The Morgan fingerprint density at radius 1 is 1.00 bits per heavy atom. The number of sulfone groups is 1. The van der Waals surface area contributed by atoms with Crippen LogP contribution in [0.4, 0.5) is 5.69 Å². The van der Waals surface area contributed by atoms with Crippen LogP contribution in [0, 0.1) is 0 Å². The third kappa shape index (κ3) is 4.83. The lowest BCUT2D eigenvalue weighted by Crippen LogP contribution is -2.25. The van der Waals surface area contributed by atoms with E-state index in [1.165, 1.54) is 24.3 Å². The Labute approximate surface area is 156 Å². The molecule has 0 atom stereocenters. The number of anilines is 1. The third-order valence-electron chi connectivity index (χ3n) is 3.84. The van der Waals surface area contributed by atoms with E-state index in [-0.39, 0.29) is 16.8 Å². The van der Waals surface area contributed by atoms with Crippen molar-refractivity contribution in [3.8, 4) is 0 Å². The van der Waals surface area contributed by atoms with E-state index < -0.39 is 21.5 Å². The zero-order valence-corrected chi connectivity index (χ0v) is 15.3. The number of amides is 2. The lowest BCUT2D eigenvalue weighted by atomic mass is 10.2. The molecule has 1 fully saturated rings. The van der Waals surface area contributed by atoms with E-state index in [0.29, 0.717) is 16.3 Å². The minimum atomic E-state index is -3.76. The zero-order valence-electron chi connectivity index (χ0n) is 13.7. The molecule has 1 aliphatic carbocycles. The van der Waals surface area contributed by atoms with Gasteiger partial charge in [-0.3, -0.25) is 9.59 Å². The van der Waals surface area contributed by atoms with E-state index in [2.05, 4.69) is 10.6 Å². The molecule has 0 radical (unpaired) electrons. The van der Waals surface area contributed by atoms with Gasteiger partial charge in [0.15, 0.2) is 9.84 Å². The fraction of sp³-hybridized carbons (Fsp3) is 0.222. The maximum Gasteiger partial charge on any atom is 0.251 e. The predicted octanol–water partition coefficient (Wildman–Crippen LogP) is 2.64. The first-order valence-electron chi connectivity index (χ1n) is 8.02. The van der Waals surface area contributed by atoms with E-state index in [4.69, 9.17) is 11.6 Å². The summed E-state index contributed by atoms with van der Waals surface area (Å²) in [5.74, 6) is -1.50. The van der Waals surface area contributed by atoms with E-state index in [1.54, 1.807) is 24.3 Å². The lowest BCUT2D eigenvalue weighted by molar-refractivity contribution is -0.113. The van der Waals surface area contributed by atoms with Crippen molar-refractivity contribution in [1.82, 2.24) is 5.32 Å². The van der Waals surface area contributed by atoms with Crippen LogP contribution in [-0.4, -0.2) is 32.0 Å². The van der Waals surface area contributed by atoms with E-state index in [0.717, 1.165) is 12.8 Å². The number of carbonyl (C=O) groups is 2. The molecule has 2 aromatic carbocycles. The minimum Gasteiger partial charge on any atom is -0.349 e. The van der Waals surface area contributed by atoms with Gasteiger partial charge in [-0.15, -0.1) is 0 Å². The summed E-state index contributed by atoms with van der Waals surface area (Å²) < 4.78 is 24.5. The molecule has 6 nitrogen and oxygen atoms in total. The molecule has 0 heterocycles. The first kappa shape index (κ1) is 18.4. The molecule has 26 heavy (non-hydrogen) atoms. The first-order chi connectivity index (χ1) is 12.3. The van der Waals surface area contributed by atoms with Gasteiger partial charge >= 0.3 is 0 Å². The average molecular weight is 393 g/mol. The van der Waals surface area contributed by atoms with E-state index in [1.807, 2.05) is 0 Å². The summed E-state index contributed by atoms with van der Waals surface area (Å²) in [4.78, 5) is 24.0. The SMILES string of the molecule is O=C(CS(=O)(=O)c1ccc(Cl)cc1)Nc1ccc(C(=O)NC2CC2)cc1. The van der Waals surface area contributed by atoms with Gasteiger partial charge in [0.2, 0.25) is 5.91 Å². The van der Waals surface area contributed by atoms with Crippen LogP contribution in [0.5, 0.6) is 0 Å². The fourth-order valence-electron chi connectivity index (χ4n) is 2.30. The van der Waals surface area contributed by atoms with Crippen LogP contribution in [0.15, 0.2) is 53.4 Å². The van der Waals surface area contributed by atoms with Gasteiger partial charge in [-0.25, -0.2) is 8.42 Å². The fourth-order valence-corrected chi connectivity index (χ4v) is 3.56. The van der Waals surface area contributed by atoms with Crippen molar-refractivity contribution in [2.24, 2.45) is 0 Å². The van der Waals surface area contributed by atoms with E-state index in [9.17, 15) is 18.0 Å². The van der Waals surface area contributed by atoms with Crippen molar-refractivity contribution in [3.05, 3.63) is 59.1 Å². The van der Waals surface area contributed by atoms with Crippen LogP contribution in [0.25, 0.3) is 0 Å². The van der Waals surface area contributed by atoms with Gasteiger partial charge in [-0.1, -0.05) is 11.6 Å².